The third-order valence-electron chi connectivity index (χ3n) is 3.87. The second-order valence-electron chi connectivity index (χ2n) is 5.84. The Morgan fingerprint density at radius 3 is 1.85 bits per heavy atom. The first kappa shape index (κ1) is 24.3. The number of carbonyl (C=O) groups is 1. The van der Waals surface area contributed by atoms with Gasteiger partial charge in [0, 0.05) is 17.3 Å². The van der Waals surface area contributed by atoms with E-state index in [9.17, 15) is 21.6 Å². The predicted octanol–water partition coefficient (Wildman–Crippen LogP) is 1.41. The van der Waals surface area contributed by atoms with E-state index in [2.05, 4.69) is 0 Å². The average molecular weight is 480 g/mol. The number of sulfone groups is 2. The summed E-state index contributed by atoms with van der Waals surface area (Å²) in [5.41, 5.74) is 12.0. The highest BCUT2D eigenvalue weighted by Crippen LogP contribution is 2.31. The standard InChI is InChI=1S/C15H21Cl3N2O5S2/c16-3-7-26(22,23)5-1-10-9-12(15(20)21)11(14(19)13(10)18)2-6-27(24,25)8-4-17/h9H,1-8,19H2,(H2,20,21). The first-order valence-electron chi connectivity index (χ1n) is 7.86. The number of primary amides is 1. The normalized spacial score (nSPS) is 12.3. The lowest BCUT2D eigenvalue weighted by molar-refractivity contribution is 0.0999. The van der Waals surface area contributed by atoms with Gasteiger partial charge in [-0.05, 0) is 30.0 Å². The number of alkyl halides is 2. The van der Waals surface area contributed by atoms with Crippen molar-refractivity contribution >= 4 is 66.1 Å². The molecule has 0 spiro atoms. The Bertz CT molecular complexity index is 903. The van der Waals surface area contributed by atoms with E-state index < -0.39 is 25.6 Å². The molecule has 1 amide bonds. The second kappa shape index (κ2) is 10.2. The van der Waals surface area contributed by atoms with Crippen LogP contribution in [0.1, 0.15) is 21.5 Å². The highest BCUT2D eigenvalue weighted by molar-refractivity contribution is 7.91. The molecule has 7 nitrogen and oxygen atoms in total. The van der Waals surface area contributed by atoms with Gasteiger partial charge in [-0.15, -0.1) is 23.2 Å². The first-order chi connectivity index (χ1) is 12.4. The fourth-order valence-electron chi connectivity index (χ4n) is 2.41. The Labute approximate surface area is 174 Å². The number of rotatable bonds is 11. The molecule has 0 aliphatic rings. The van der Waals surface area contributed by atoms with Crippen molar-refractivity contribution in [1.29, 1.82) is 0 Å². The number of amides is 1. The van der Waals surface area contributed by atoms with Gasteiger partial charge in [0.1, 0.15) is 0 Å². The summed E-state index contributed by atoms with van der Waals surface area (Å²) in [5, 5.41) is 0.0748. The van der Waals surface area contributed by atoms with Crippen LogP contribution in [0.25, 0.3) is 0 Å². The summed E-state index contributed by atoms with van der Waals surface area (Å²) in [6, 6.07) is 1.36. The van der Waals surface area contributed by atoms with Crippen LogP contribution in [0.3, 0.4) is 0 Å². The number of halogens is 3. The fraction of sp³-hybridized carbons (Fsp3) is 0.533. The molecule has 154 valence electrons. The van der Waals surface area contributed by atoms with Crippen LogP contribution in [-0.2, 0) is 32.5 Å². The molecule has 1 aromatic rings. The van der Waals surface area contributed by atoms with Gasteiger partial charge in [-0.25, -0.2) is 16.8 Å². The smallest absolute Gasteiger partial charge is 0.249 e. The zero-order valence-electron chi connectivity index (χ0n) is 14.4. The van der Waals surface area contributed by atoms with Gasteiger partial charge in [0.15, 0.2) is 19.7 Å². The lowest BCUT2D eigenvalue weighted by atomic mass is 9.98. The van der Waals surface area contributed by atoms with Gasteiger partial charge < -0.3 is 11.5 Å². The van der Waals surface area contributed by atoms with Crippen molar-refractivity contribution < 1.29 is 21.6 Å². The lowest BCUT2D eigenvalue weighted by Gasteiger charge is -2.16. The monoisotopic (exact) mass is 478 g/mol. The van der Waals surface area contributed by atoms with E-state index in [0.717, 1.165) is 0 Å². The molecular formula is C15H21Cl3N2O5S2. The predicted molar refractivity (Wildman–Crippen MR) is 111 cm³/mol. The van der Waals surface area contributed by atoms with Gasteiger partial charge in [-0.2, -0.15) is 0 Å². The number of nitrogen functional groups attached to an aromatic ring is 1. The van der Waals surface area contributed by atoms with Crippen LogP contribution in [0.5, 0.6) is 0 Å². The van der Waals surface area contributed by atoms with Crippen molar-refractivity contribution in [2.75, 3.05) is 40.5 Å². The summed E-state index contributed by atoms with van der Waals surface area (Å²) in [6.45, 7) is 0. The fourth-order valence-corrected chi connectivity index (χ4v) is 6.01. The Morgan fingerprint density at radius 2 is 1.41 bits per heavy atom. The van der Waals surface area contributed by atoms with Gasteiger partial charge in [0.2, 0.25) is 5.91 Å². The van der Waals surface area contributed by atoms with Crippen LogP contribution >= 0.6 is 34.8 Å². The number of anilines is 1. The molecule has 0 saturated heterocycles. The SMILES string of the molecule is NC(=O)c1cc(CCS(=O)(=O)CCCl)c(Cl)c(N)c1CCS(=O)(=O)CCCl. The van der Waals surface area contributed by atoms with E-state index in [1.807, 2.05) is 0 Å². The summed E-state index contributed by atoms with van der Waals surface area (Å²) < 4.78 is 47.4. The lowest BCUT2D eigenvalue weighted by Crippen LogP contribution is -2.20. The maximum absolute atomic E-state index is 11.9. The number of benzene rings is 1. The molecule has 0 atom stereocenters. The second-order valence-corrected chi connectivity index (χ2v) is 11.6. The highest BCUT2D eigenvalue weighted by atomic mass is 35.5. The van der Waals surface area contributed by atoms with Crippen molar-refractivity contribution in [3.05, 3.63) is 27.8 Å². The molecule has 0 radical (unpaired) electrons. The van der Waals surface area contributed by atoms with Gasteiger partial charge >= 0.3 is 0 Å². The van der Waals surface area contributed by atoms with E-state index in [-0.39, 0.29) is 69.4 Å². The molecule has 0 heterocycles. The Kier molecular flexibility index (Phi) is 9.14. The van der Waals surface area contributed by atoms with E-state index in [0.29, 0.717) is 5.56 Å². The van der Waals surface area contributed by atoms with E-state index in [1.54, 1.807) is 0 Å². The zero-order chi connectivity index (χ0) is 20.8. The Balaban J connectivity index is 3.21. The molecule has 0 aliphatic heterocycles. The van der Waals surface area contributed by atoms with Gasteiger partial charge in [0.25, 0.3) is 0 Å². The summed E-state index contributed by atoms with van der Waals surface area (Å²) in [6.07, 6.45) is -0.0404. The van der Waals surface area contributed by atoms with Crippen LogP contribution in [0, 0.1) is 0 Å². The van der Waals surface area contributed by atoms with Crippen LogP contribution in [-0.4, -0.2) is 57.5 Å². The molecule has 4 N–H and O–H groups in total. The number of hydrogen-bond donors (Lipinski definition) is 2. The molecule has 0 saturated carbocycles. The van der Waals surface area contributed by atoms with E-state index in [1.165, 1.54) is 6.07 Å². The zero-order valence-corrected chi connectivity index (χ0v) is 18.3. The summed E-state index contributed by atoms with van der Waals surface area (Å²) in [7, 11) is -6.80. The molecular weight excluding hydrogens is 459 g/mol. The largest absolute Gasteiger partial charge is 0.397 e. The van der Waals surface area contributed by atoms with Crippen molar-refractivity contribution in [3.8, 4) is 0 Å². The minimum Gasteiger partial charge on any atom is -0.397 e. The highest BCUT2D eigenvalue weighted by Gasteiger charge is 2.21. The quantitative estimate of drug-likeness (QED) is 0.363. The molecule has 27 heavy (non-hydrogen) atoms. The first-order valence-corrected chi connectivity index (χ1v) is 13.0. The third-order valence-corrected chi connectivity index (χ3v) is 8.45. The van der Waals surface area contributed by atoms with Crippen molar-refractivity contribution in [2.24, 2.45) is 5.73 Å². The van der Waals surface area contributed by atoms with Gasteiger partial charge in [-0.3, -0.25) is 4.79 Å². The van der Waals surface area contributed by atoms with Crippen LogP contribution in [0.15, 0.2) is 6.07 Å². The maximum Gasteiger partial charge on any atom is 0.249 e. The molecule has 0 unspecified atom stereocenters. The van der Waals surface area contributed by atoms with Crippen LogP contribution < -0.4 is 11.5 Å². The molecule has 12 heteroatoms. The number of aryl methyl sites for hydroxylation is 1. The molecule has 1 aromatic carbocycles. The number of nitrogens with two attached hydrogens (primary N) is 2. The van der Waals surface area contributed by atoms with Crippen LogP contribution in [0.4, 0.5) is 5.69 Å². The van der Waals surface area contributed by atoms with Crippen molar-refractivity contribution in [1.82, 2.24) is 0 Å². The van der Waals surface area contributed by atoms with E-state index in [4.69, 9.17) is 46.3 Å². The summed E-state index contributed by atoms with van der Waals surface area (Å²) >= 11 is 17.1. The summed E-state index contributed by atoms with van der Waals surface area (Å²) in [5.74, 6) is -1.76. The van der Waals surface area contributed by atoms with E-state index >= 15 is 0 Å². The minimum atomic E-state index is -3.42. The molecule has 0 aromatic heterocycles. The number of hydrogen-bond acceptors (Lipinski definition) is 6. The molecule has 0 aliphatic carbocycles. The van der Waals surface area contributed by atoms with Crippen molar-refractivity contribution in [3.63, 3.8) is 0 Å². The van der Waals surface area contributed by atoms with Crippen molar-refractivity contribution in [2.45, 2.75) is 12.8 Å². The van der Waals surface area contributed by atoms with Crippen LogP contribution in [0.2, 0.25) is 5.02 Å². The Hall–Kier alpha value is -0.740. The van der Waals surface area contributed by atoms with Gasteiger partial charge in [-0.1, -0.05) is 11.6 Å². The summed E-state index contributed by atoms with van der Waals surface area (Å²) in [4.78, 5) is 11.8. The topological polar surface area (TPSA) is 137 Å². The minimum absolute atomic E-state index is 0.0128. The molecule has 1 rings (SSSR count). The van der Waals surface area contributed by atoms with Gasteiger partial charge in [0.05, 0.1) is 33.7 Å². The Morgan fingerprint density at radius 1 is 0.926 bits per heavy atom. The molecule has 0 fully saturated rings. The molecule has 0 bridgehead atoms. The number of carbonyl (C=O) groups excluding carboxylic acids is 1. The third kappa shape index (κ3) is 7.30. The maximum atomic E-state index is 11.9. The average Bonchev–Trinajstić information content (AvgIpc) is 2.54.